The van der Waals surface area contributed by atoms with Crippen LogP contribution in [-0.4, -0.2) is 43.7 Å². The average molecular weight is 350 g/mol. The number of benzene rings is 1. The molecule has 3 N–H and O–H groups in total. The number of carbonyl (C=O) groups is 1. The second-order valence-corrected chi connectivity index (χ2v) is 6.84. The van der Waals surface area contributed by atoms with Crippen LogP contribution in [-0.2, 0) is 0 Å². The van der Waals surface area contributed by atoms with Crippen LogP contribution in [0.2, 0.25) is 0 Å². The Balaban J connectivity index is 1.67. The molecule has 1 aromatic rings. The van der Waals surface area contributed by atoms with Gasteiger partial charge < -0.3 is 15.0 Å². The molecule has 0 saturated carbocycles. The van der Waals surface area contributed by atoms with Gasteiger partial charge in [0.15, 0.2) is 11.6 Å². The first-order valence-corrected chi connectivity index (χ1v) is 8.96. The van der Waals surface area contributed by atoms with Crippen LogP contribution in [0.15, 0.2) is 18.2 Å². The number of ether oxygens (including phenoxy) is 1. The normalized spacial score (nSPS) is 22.7. The molecule has 3 rings (SSSR count). The molecule has 138 valence electrons. The molecule has 2 aliphatic heterocycles. The molecular formula is C18H27FN4O2. The number of hydrazine groups is 1. The van der Waals surface area contributed by atoms with Crippen LogP contribution in [0.4, 0.5) is 9.18 Å². The summed E-state index contributed by atoms with van der Waals surface area (Å²) in [6.07, 6.45) is 3.24. The summed E-state index contributed by atoms with van der Waals surface area (Å²) in [5, 5.41) is 3.06. The van der Waals surface area contributed by atoms with Crippen LogP contribution < -0.4 is 20.9 Å². The van der Waals surface area contributed by atoms with Crippen molar-refractivity contribution in [3.05, 3.63) is 29.6 Å². The second-order valence-electron chi connectivity index (χ2n) is 6.84. The largest absolute Gasteiger partial charge is 0.494 e. The minimum absolute atomic E-state index is 0.0487. The van der Waals surface area contributed by atoms with E-state index in [2.05, 4.69) is 16.2 Å². The van der Waals surface area contributed by atoms with E-state index in [1.807, 2.05) is 11.8 Å². The summed E-state index contributed by atoms with van der Waals surface area (Å²) >= 11 is 0. The fourth-order valence-electron chi connectivity index (χ4n) is 3.75. The number of likely N-dealkylation sites (tertiary alicyclic amines) is 1. The zero-order valence-corrected chi connectivity index (χ0v) is 14.8. The molecule has 0 spiro atoms. The molecule has 6 nitrogen and oxygen atoms in total. The Kier molecular flexibility index (Phi) is 5.75. The van der Waals surface area contributed by atoms with Crippen molar-refractivity contribution in [3.63, 3.8) is 0 Å². The zero-order valence-electron chi connectivity index (χ0n) is 14.8. The Morgan fingerprint density at radius 3 is 2.84 bits per heavy atom. The van der Waals surface area contributed by atoms with Gasteiger partial charge in [-0.25, -0.2) is 9.18 Å². The van der Waals surface area contributed by atoms with E-state index in [0.29, 0.717) is 5.92 Å². The highest BCUT2D eigenvalue weighted by Crippen LogP contribution is 2.26. The van der Waals surface area contributed by atoms with Gasteiger partial charge in [0.25, 0.3) is 0 Å². The molecule has 2 saturated heterocycles. The first-order valence-electron chi connectivity index (χ1n) is 8.96. The van der Waals surface area contributed by atoms with Crippen LogP contribution in [0.3, 0.4) is 0 Å². The van der Waals surface area contributed by atoms with Crippen molar-refractivity contribution >= 4 is 6.03 Å². The van der Waals surface area contributed by atoms with E-state index >= 15 is 0 Å². The fourth-order valence-corrected chi connectivity index (χ4v) is 3.75. The number of piperidine rings is 1. The smallest absolute Gasteiger partial charge is 0.318 e. The number of urea groups is 1. The van der Waals surface area contributed by atoms with Gasteiger partial charge in [-0.3, -0.25) is 10.9 Å². The van der Waals surface area contributed by atoms with Crippen molar-refractivity contribution in [2.75, 3.05) is 26.7 Å². The molecule has 2 unspecified atom stereocenters. The van der Waals surface area contributed by atoms with Gasteiger partial charge in [-0.15, -0.1) is 0 Å². The highest BCUT2D eigenvalue weighted by Gasteiger charge is 2.34. The summed E-state index contributed by atoms with van der Waals surface area (Å²) in [6.45, 7) is 4.47. The average Bonchev–Trinajstić information content (AvgIpc) is 3.16. The molecular weight excluding hydrogens is 323 g/mol. The van der Waals surface area contributed by atoms with Gasteiger partial charge in [0.1, 0.15) is 0 Å². The predicted octanol–water partition coefficient (Wildman–Crippen LogP) is 2.18. The fraction of sp³-hybridized carbons (Fsp3) is 0.611. The minimum atomic E-state index is -0.401. The zero-order chi connectivity index (χ0) is 17.8. The minimum Gasteiger partial charge on any atom is -0.494 e. The Labute approximate surface area is 148 Å². The van der Waals surface area contributed by atoms with E-state index in [1.54, 1.807) is 12.1 Å². The number of halogens is 1. The third-order valence-electron chi connectivity index (χ3n) is 5.22. The summed E-state index contributed by atoms with van der Waals surface area (Å²) in [6, 6.07) is 4.68. The number of amides is 2. The maximum absolute atomic E-state index is 13.6. The highest BCUT2D eigenvalue weighted by atomic mass is 19.1. The van der Waals surface area contributed by atoms with E-state index < -0.39 is 5.82 Å². The molecule has 2 fully saturated rings. The molecule has 2 atom stereocenters. The van der Waals surface area contributed by atoms with Crippen LogP contribution in [0.1, 0.15) is 37.8 Å². The number of nitrogens with zero attached hydrogens (tertiary/aromatic N) is 1. The van der Waals surface area contributed by atoms with Gasteiger partial charge >= 0.3 is 6.03 Å². The van der Waals surface area contributed by atoms with Crippen molar-refractivity contribution in [1.82, 2.24) is 21.1 Å². The topological polar surface area (TPSA) is 65.6 Å². The van der Waals surface area contributed by atoms with Gasteiger partial charge in [0.2, 0.25) is 0 Å². The van der Waals surface area contributed by atoms with Crippen LogP contribution in [0, 0.1) is 11.7 Å². The Bertz CT molecular complexity index is 607. The van der Waals surface area contributed by atoms with Crippen LogP contribution >= 0.6 is 0 Å². The van der Waals surface area contributed by atoms with Gasteiger partial charge in [-0.2, -0.15) is 0 Å². The molecule has 2 amide bonds. The van der Waals surface area contributed by atoms with Crippen molar-refractivity contribution < 1.29 is 13.9 Å². The quantitative estimate of drug-likeness (QED) is 0.779. The second kappa shape index (κ2) is 8.01. The SMILES string of the molecule is COc1cc(C(C)NC(=O)N2CCCCC2C2CNNC2)ccc1F. The standard InChI is InChI=1S/C18H27FN4O2/c1-12(13-6-7-15(19)17(9-13)25-2)22-18(24)23-8-4-3-5-16(23)14-10-20-21-11-14/h6-7,9,12,14,16,20-21H,3-5,8,10-11H2,1-2H3,(H,22,24). The number of hydrogen-bond acceptors (Lipinski definition) is 4. The van der Waals surface area contributed by atoms with Gasteiger partial charge in [0.05, 0.1) is 13.2 Å². The molecule has 2 aliphatic rings. The first kappa shape index (κ1) is 17.9. The third-order valence-corrected chi connectivity index (χ3v) is 5.22. The summed E-state index contributed by atoms with van der Waals surface area (Å²) in [7, 11) is 1.44. The van der Waals surface area contributed by atoms with Crippen molar-refractivity contribution in [3.8, 4) is 5.75 Å². The van der Waals surface area contributed by atoms with E-state index in [4.69, 9.17) is 4.74 Å². The lowest BCUT2D eigenvalue weighted by molar-refractivity contribution is 0.124. The third kappa shape index (κ3) is 4.04. The van der Waals surface area contributed by atoms with Crippen molar-refractivity contribution in [2.24, 2.45) is 5.92 Å². The number of rotatable bonds is 4. The maximum atomic E-state index is 13.6. The maximum Gasteiger partial charge on any atom is 0.318 e. The number of nitrogens with one attached hydrogen (secondary N) is 3. The van der Waals surface area contributed by atoms with Gasteiger partial charge in [0, 0.05) is 31.6 Å². The summed E-state index contributed by atoms with van der Waals surface area (Å²) in [5.74, 6) is 0.229. The van der Waals surface area contributed by atoms with E-state index in [0.717, 1.165) is 44.5 Å². The summed E-state index contributed by atoms with van der Waals surface area (Å²) in [4.78, 5) is 14.8. The number of methoxy groups -OCH3 is 1. The summed E-state index contributed by atoms with van der Waals surface area (Å²) in [5.41, 5.74) is 7.14. The number of carbonyl (C=O) groups excluding carboxylic acids is 1. The molecule has 1 aromatic carbocycles. The number of hydrogen-bond donors (Lipinski definition) is 3. The lowest BCUT2D eigenvalue weighted by atomic mass is 9.91. The van der Waals surface area contributed by atoms with E-state index in [-0.39, 0.29) is 23.9 Å². The lowest BCUT2D eigenvalue weighted by Crippen LogP contribution is -2.52. The monoisotopic (exact) mass is 350 g/mol. The molecule has 7 heteroatoms. The van der Waals surface area contributed by atoms with Gasteiger partial charge in [-0.1, -0.05) is 6.07 Å². The van der Waals surface area contributed by atoms with Crippen LogP contribution in [0.5, 0.6) is 5.75 Å². The Morgan fingerprint density at radius 2 is 2.12 bits per heavy atom. The molecule has 2 heterocycles. The molecule has 0 bridgehead atoms. The van der Waals surface area contributed by atoms with Crippen molar-refractivity contribution in [1.29, 1.82) is 0 Å². The molecule has 0 radical (unpaired) electrons. The summed E-state index contributed by atoms with van der Waals surface area (Å²) < 4.78 is 18.6. The van der Waals surface area contributed by atoms with Crippen molar-refractivity contribution in [2.45, 2.75) is 38.3 Å². The Morgan fingerprint density at radius 1 is 1.36 bits per heavy atom. The van der Waals surface area contributed by atoms with Gasteiger partial charge in [-0.05, 0) is 43.9 Å². The lowest BCUT2D eigenvalue weighted by Gasteiger charge is -2.39. The molecule has 0 aromatic heterocycles. The first-order chi connectivity index (χ1) is 12.1. The molecule has 0 aliphatic carbocycles. The van der Waals surface area contributed by atoms with E-state index in [9.17, 15) is 9.18 Å². The molecule has 25 heavy (non-hydrogen) atoms. The van der Waals surface area contributed by atoms with Crippen LogP contribution in [0.25, 0.3) is 0 Å². The highest BCUT2D eigenvalue weighted by molar-refractivity contribution is 5.75. The van der Waals surface area contributed by atoms with E-state index in [1.165, 1.54) is 13.2 Å². The Hall–Kier alpha value is -1.86. The predicted molar refractivity (Wildman–Crippen MR) is 93.7 cm³/mol.